The summed E-state index contributed by atoms with van der Waals surface area (Å²) in [5, 5.41) is 0. The summed E-state index contributed by atoms with van der Waals surface area (Å²) < 4.78 is 0. The third-order valence-corrected chi connectivity index (χ3v) is 3.03. The van der Waals surface area contributed by atoms with Crippen molar-refractivity contribution in [2.45, 2.75) is 59.8 Å². The molecule has 2 heteroatoms. The molecule has 0 aliphatic rings. The van der Waals surface area contributed by atoms with Crippen LogP contribution in [-0.4, -0.2) is 0 Å². The average molecular weight is 176 g/mol. The van der Waals surface area contributed by atoms with Gasteiger partial charge in [-0.3, -0.25) is 0 Å². The van der Waals surface area contributed by atoms with E-state index in [9.17, 15) is 0 Å². The van der Waals surface area contributed by atoms with Crippen molar-refractivity contribution in [2.75, 3.05) is 0 Å². The van der Waals surface area contributed by atoms with Crippen LogP contribution in [0.4, 0.5) is 0 Å². The lowest BCUT2D eigenvalue weighted by Gasteiger charge is -2.29. The Bertz CT molecular complexity index is 69.6. The number of rotatable bonds is 5. The largest absolute Gasteiger partial charge is 0.344 e. The zero-order chi connectivity index (χ0) is 8.04. The predicted octanol–water partition coefficient (Wildman–Crippen LogP) is 4.33. The fourth-order valence-electron chi connectivity index (χ4n) is 1.81. The standard InChI is InChI=1S/C10H22.2H3N/c1-5-9-10(6-2,7-3)8-4;;/h5-9H2,1-4H3;2*1H3. The maximum Gasteiger partial charge on any atom is -0.0305 e. The maximum atomic E-state index is 2.32. The normalized spacial score (nSPS) is 10.0. The molecule has 0 saturated heterocycles. The Morgan fingerprint density at radius 3 is 1.17 bits per heavy atom. The Balaban J connectivity index is -0.000000405. The third kappa shape index (κ3) is 4.73. The molecule has 0 bridgehead atoms. The van der Waals surface area contributed by atoms with E-state index < -0.39 is 0 Å². The topological polar surface area (TPSA) is 70.0 Å². The van der Waals surface area contributed by atoms with Crippen molar-refractivity contribution in [1.82, 2.24) is 12.3 Å². The first-order valence-electron chi connectivity index (χ1n) is 4.74. The quantitative estimate of drug-likeness (QED) is 0.654. The first kappa shape index (κ1) is 17.9. The van der Waals surface area contributed by atoms with Crippen molar-refractivity contribution < 1.29 is 0 Å². The molecule has 0 spiro atoms. The van der Waals surface area contributed by atoms with E-state index in [1.54, 1.807) is 0 Å². The molecule has 0 aromatic heterocycles. The smallest absolute Gasteiger partial charge is 0.0305 e. The summed E-state index contributed by atoms with van der Waals surface area (Å²) in [7, 11) is 0. The van der Waals surface area contributed by atoms with Gasteiger partial charge in [0.05, 0.1) is 0 Å². The monoisotopic (exact) mass is 176 g/mol. The molecular formula is C10H28N2. The van der Waals surface area contributed by atoms with E-state index in [0.717, 1.165) is 0 Å². The molecule has 0 heterocycles. The molecule has 0 radical (unpaired) electrons. The Labute approximate surface area is 78.3 Å². The minimum absolute atomic E-state index is 0. The third-order valence-electron chi connectivity index (χ3n) is 3.03. The highest BCUT2D eigenvalue weighted by Gasteiger charge is 2.21. The second-order valence-electron chi connectivity index (χ2n) is 3.31. The van der Waals surface area contributed by atoms with Crippen molar-refractivity contribution in [3.8, 4) is 0 Å². The Hall–Kier alpha value is -0.0800. The maximum absolute atomic E-state index is 2.32. The molecule has 0 atom stereocenters. The van der Waals surface area contributed by atoms with Crippen LogP contribution >= 0.6 is 0 Å². The highest BCUT2D eigenvalue weighted by atomic mass is 14.3. The van der Waals surface area contributed by atoms with Crippen molar-refractivity contribution in [3.05, 3.63) is 0 Å². The average Bonchev–Trinajstić information content (AvgIpc) is 2.01. The first-order valence-corrected chi connectivity index (χ1v) is 4.74. The lowest BCUT2D eigenvalue weighted by Crippen LogP contribution is -2.16. The van der Waals surface area contributed by atoms with Crippen LogP contribution in [0.15, 0.2) is 0 Å². The highest BCUT2D eigenvalue weighted by Crippen LogP contribution is 2.34. The summed E-state index contributed by atoms with van der Waals surface area (Å²) in [6, 6.07) is 0. The van der Waals surface area contributed by atoms with Gasteiger partial charge in [-0.15, -0.1) is 0 Å². The molecule has 0 aromatic rings. The molecule has 0 aromatic carbocycles. The van der Waals surface area contributed by atoms with Crippen LogP contribution in [0.5, 0.6) is 0 Å². The summed E-state index contributed by atoms with van der Waals surface area (Å²) in [5.74, 6) is 0. The summed E-state index contributed by atoms with van der Waals surface area (Å²) in [6.07, 6.45) is 6.82. The Morgan fingerprint density at radius 1 is 0.750 bits per heavy atom. The van der Waals surface area contributed by atoms with Crippen molar-refractivity contribution in [2.24, 2.45) is 5.41 Å². The summed E-state index contributed by atoms with van der Waals surface area (Å²) in [4.78, 5) is 0. The number of hydrogen-bond donors (Lipinski definition) is 2. The minimum Gasteiger partial charge on any atom is -0.344 e. The van der Waals surface area contributed by atoms with Gasteiger partial charge in [0.25, 0.3) is 0 Å². The fourth-order valence-corrected chi connectivity index (χ4v) is 1.81. The molecule has 2 nitrogen and oxygen atoms in total. The van der Waals surface area contributed by atoms with Gasteiger partial charge in [-0.25, -0.2) is 0 Å². The molecule has 0 fully saturated rings. The molecule has 0 saturated carbocycles. The molecule has 0 amide bonds. The SMILES string of the molecule is CCCC(CC)(CC)CC.N.N. The van der Waals surface area contributed by atoms with Gasteiger partial charge in [0, 0.05) is 0 Å². The highest BCUT2D eigenvalue weighted by molar-refractivity contribution is 4.73. The van der Waals surface area contributed by atoms with Gasteiger partial charge in [-0.1, -0.05) is 53.4 Å². The van der Waals surface area contributed by atoms with Gasteiger partial charge >= 0.3 is 0 Å². The van der Waals surface area contributed by atoms with E-state index in [4.69, 9.17) is 0 Å². The second-order valence-corrected chi connectivity index (χ2v) is 3.31. The van der Waals surface area contributed by atoms with Gasteiger partial charge in [0.1, 0.15) is 0 Å². The fraction of sp³-hybridized carbons (Fsp3) is 1.00. The van der Waals surface area contributed by atoms with Gasteiger partial charge in [-0.2, -0.15) is 0 Å². The van der Waals surface area contributed by atoms with E-state index >= 15 is 0 Å². The van der Waals surface area contributed by atoms with E-state index in [-0.39, 0.29) is 12.3 Å². The van der Waals surface area contributed by atoms with E-state index in [0.29, 0.717) is 5.41 Å². The van der Waals surface area contributed by atoms with Crippen LogP contribution in [0.25, 0.3) is 0 Å². The van der Waals surface area contributed by atoms with Gasteiger partial charge in [0.2, 0.25) is 0 Å². The van der Waals surface area contributed by atoms with Crippen LogP contribution in [0.3, 0.4) is 0 Å². The lowest BCUT2D eigenvalue weighted by atomic mass is 9.76. The molecule has 12 heavy (non-hydrogen) atoms. The lowest BCUT2D eigenvalue weighted by molar-refractivity contribution is 0.226. The van der Waals surface area contributed by atoms with Crippen molar-refractivity contribution >= 4 is 0 Å². The van der Waals surface area contributed by atoms with E-state index in [1.807, 2.05) is 0 Å². The van der Waals surface area contributed by atoms with Crippen LogP contribution in [0.2, 0.25) is 0 Å². The van der Waals surface area contributed by atoms with Crippen LogP contribution < -0.4 is 12.3 Å². The summed E-state index contributed by atoms with van der Waals surface area (Å²) >= 11 is 0. The first-order chi connectivity index (χ1) is 4.74. The Kier molecular flexibility index (Phi) is 13.4. The summed E-state index contributed by atoms with van der Waals surface area (Å²) in [5.41, 5.74) is 0.675. The minimum atomic E-state index is 0. The van der Waals surface area contributed by atoms with Crippen LogP contribution in [-0.2, 0) is 0 Å². The molecule has 0 rings (SSSR count). The van der Waals surface area contributed by atoms with Gasteiger partial charge in [0.15, 0.2) is 0 Å². The zero-order valence-electron chi connectivity index (χ0n) is 9.45. The molecule has 0 aliphatic carbocycles. The molecule has 0 aliphatic heterocycles. The molecule has 78 valence electrons. The van der Waals surface area contributed by atoms with Crippen LogP contribution in [0.1, 0.15) is 59.8 Å². The van der Waals surface area contributed by atoms with Crippen molar-refractivity contribution in [1.29, 1.82) is 0 Å². The van der Waals surface area contributed by atoms with E-state index in [1.165, 1.54) is 32.1 Å². The summed E-state index contributed by atoms with van der Waals surface area (Å²) in [6.45, 7) is 9.25. The van der Waals surface area contributed by atoms with Crippen LogP contribution in [0, 0.1) is 5.41 Å². The second kappa shape index (κ2) is 9.01. The zero-order valence-corrected chi connectivity index (χ0v) is 9.45. The molecule has 0 unspecified atom stereocenters. The van der Waals surface area contributed by atoms with E-state index in [2.05, 4.69) is 27.7 Å². The van der Waals surface area contributed by atoms with Crippen molar-refractivity contribution in [3.63, 3.8) is 0 Å². The van der Waals surface area contributed by atoms with Gasteiger partial charge < -0.3 is 12.3 Å². The molecule has 6 N–H and O–H groups in total. The molecular weight excluding hydrogens is 148 g/mol. The van der Waals surface area contributed by atoms with Gasteiger partial charge in [-0.05, 0) is 11.8 Å². The Morgan fingerprint density at radius 2 is 1.08 bits per heavy atom. The predicted molar refractivity (Wildman–Crippen MR) is 58.3 cm³/mol. The number of hydrogen-bond acceptors (Lipinski definition) is 2.